The molecule has 0 bridgehead atoms. The van der Waals surface area contributed by atoms with Crippen LogP contribution < -0.4 is 10.4 Å². The number of ketones is 1. The number of carbonyl (C=O) groups is 2. The van der Waals surface area contributed by atoms with E-state index in [0.717, 1.165) is 0 Å². The van der Waals surface area contributed by atoms with Crippen LogP contribution in [0.15, 0.2) is 60.7 Å². The van der Waals surface area contributed by atoms with Crippen molar-refractivity contribution in [3.05, 3.63) is 60.7 Å². The summed E-state index contributed by atoms with van der Waals surface area (Å²) in [5.74, 6) is -0.512. The van der Waals surface area contributed by atoms with Crippen molar-refractivity contribution >= 4 is 30.4 Å². The molecule has 4 rings (SSSR count). The third-order valence-corrected chi connectivity index (χ3v) is 11.7. The quantitative estimate of drug-likeness (QED) is 0.433. The predicted molar refractivity (Wildman–Crippen MR) is 115 cm³/mol. The largest absolute Gasteiger partial charge is 0.468 e. The van der Waals surface area contributed by atoms with Crippen LogP contribution in [0.25, 0.3) is 0 Å². The molecule has 0 N–H and O–H groups in total. The maximum absolute atomic E-state index is 12.8. The van der Waals surface area contributed by atoms with Crippen molar-refractivity contribution in [2.45, 2.75) is 44.8 Å². The summed E-state index contributed by atoms with van der Waals surface area (Å²) in [6, 6.07) is 20.8. The van der Waals surface area contributed by atoms with Gasteiger partial charge in [-0.05, 0) is 21.8 Å². The molecule has 2 aliphatic rings. The van der Waals surface area contributed by atoms with Gasteiger partial charge in [-0.25, -0.2) is 0 Å². The molecule has 2 saturated carbocycles. The van der Waals surface area contributed by atoms with Gasteiger partial charge < -0.3 is 9.16 Å². The van der Waals surface area contributed by atoms with Crippen LogP contribution in [0.1, 0.15) is 33.6 Å². The molecule has 152 valence electrons. The Bertz CT molecular complexity index is 879. The number of Topliss-reactive ketones (excluding diaryl/α,β-unsaturated/α-hetero) is 1. The summed E-state index contributed by atoms with van der Waals surface area (Å²) in [5, 5.41) is 2.20. The lowest BCUT2D eigenvalue weighted by Crippen LogP contribution is -2.67. The lowest BCUT2D eigenvalue weighted by molar-refractivity contribution is -0.150. The first-order valence-electron chi connectivity index (χ1n) is 10.2. The zero-order valence-corrected chi connectivity index (χ0v) is 18.5. The molecule has 2 aromatic carbocycles. The molecule has 0 heterocycles. The summed E-state index contributed by atoms with van der Waals surface area (Å²) in [6.07, 6.45) is 0.568. The molecule has 0 aromatic heterocycles. The van der Waals surface area contributed by atoms with Gasteiger partial charge in [0.2, 0.25) is 0 Å². The van der Waals surface area contributed by atoms with E-state index < -0.39 is 19.7 Å². The number of hydrogen-bond donors (Lipinski definition) is 0. The highest BCUT2D eigenvalue weighted by atomic mass is 28.4. The van der Waals surface area contributed by atoms with Crippen LogP contribution in [-0.4, -0.2) is 33.3 Å². The maximum atomic E-state index is 12.8. The summed E-state index contributed by atoms with van der Waals surface area (Å²) >= 11 is 0. The molecule has 5 heteroatoms. The normalized spacial score (nSPS) is 26.1. The minimum atomic E-state index is -2.74. The highest BCUT2D eigenvalue weighted by Crippen LogP contribution is 2.63. The second-order valence-corrected chi connectivity index (χ2v) is 13.5. The number of methoxy groups -OCH3 is 1. The number of ether oxygens (including phenoxy) is 1. The van der Waals surface area contributed by atoms with Crippen LogP contribution in [0.4, 0.5) is 0 Å². The van der Waals surface area contributed by atoms with E-state index >= 15 is 0 Å². The van der Waals surface area contributed by atoms with Gasteiger partial charge in [-0.3, -0.25) is 9.59 Å². The number of benzene rings is 2. The van der Waals surface area contributed by atoms with Crippen molar-refractivity contribution in [2.24, 2.45) is 11.3 Å². The Morgan fingerprint density at radius 3 is 1.93 bits per heavy atom. The van der Waals surface area contributed by atoms with Gasteiger partial charge in [0.15, 0.2) is 5.78 Å². The third kappa shape index (κ3) is 2.90. The second kappa shape index (κ2) is 6.92. The topological polar surface area (TPSA) is 52.6 Å². The van der Waals surface area contributed by atoms with Gasteiger partial charge in [0, 0.05) is 12.3 Å². The number of fused-ring (bicyclic) bond motifs is 1. The average molecular weight is 409 g/mol. The summed E-state index contributed by atoms with van der Waals surface area (Å²) in [5.41, 5.74) is -0.967. The van der Waals surface area contributed by atoms with Crippen molar-refractivity contribution in [1.29, 1.82) is 0 Å². The molecule has 4 nitrogen and oxygen atoms in total. The highest BCUT2D eigenvalue weighted by molar-refractivity contribution is 6.99. The van der Waals surface area contributed by atoms with Crippen molar-refractivity contribution in [2.75, 3.05) is 7.11 Å². The van der Waals surface area contributed by atoms with E-state index in [1.54, 1.807) is 0 Å². The Hall–Kier alpha value is -2.24. The Kier molecular flexibility index (Phi) is 4.78. The first kappa shape index (κ1) is 20.0. The number of hydrogen-bond acceptors (Lipinski definition) is 4. The van der Waals surface area contributed by atoms with Gasteiger partial charge in [-0.15, -0.1) is 0 Å². The fourth-order valence-corrected chi connectivity index (χ4v) is 9.85. The fourth-order valence-electron chi connectivity index (χ4n) is 5.14. The zero-order chi connectivity index (χ0) is 20.9. The molecule has 0 aliphatic heterocycles. The molecule has 3 unspecified atom stereocenters. The van der Waals surface area contributed by atoms with Crippen LogP contribution in [0, 0.1) is 11.3 Å². The Morgan fingerprint density at radius 2 is 1.52 bits per heavy atom. The SMILES string of the molecule is COC(=O)C12CC1C(O[Si](c1ccccc1)(c1ccccc1)C(C)(C)C)CC2=O. The molecular formula is C24H28O4Si. The van der Waals surface area contributed by atoms with Crippen LogP contribution in [-0.2, 0) is 18.8 Å². The van der Waals surface area contributed by atoms with Gasteiger partial charge in [0.1, 0.15) is 5.41 Å². The van der Waals surface area contributed by atoms with E-state index in [4.69, 9.17) is 9.16 Å². The van der Waals surface area contributed by atoms with Crippen molar-refractivity contribution in [3.8, 4) is 0 Å². The second-order valence-electron chi connectivity index (χ2n) is 9.22. The van der Waals surface area contributed by atoms with Crippen LogP contribution in [0.3, 0.4) is 0 Å². The molecule has 0 amide bonds. The predicted octanol–water partition coefficient (Wildman–Crippen LogP) is 3.08. The molecule has 0 spiro atoms. The molecule has 2 fully saturated rings. The maximum Gasteiger partial charge on any atom is 0.319 e. The summed E-state index contributed by atoms with van der Waals surface area (Å²) < 4.78 is 12.1. The lowest BCUT2D eigenvalue weighted by Gasteiger charge is -2.44. The monoisotopic (exact) mass is 408 g/mol. The summed E-state index contributed by atoms with van der Waals surface area (Å²) in [4.78, 5) is 25.1. The molecule has 29 heavy (non-hydrogen) atoms. The van der Waals surface area contributed by atoms with E-state index in [1.165, 1.54) is 17.5 Å². The summed E-state index contributed by atoms with van der Waals surface area (Å²) in [6.45, 7) is 6.66. The highest BCUT2D eigenvalue weighted by Gasteiger charge is 2.74. The van der Waals surface area contributed by atoms with Crippen LogP contribution >= 0.6 is 0 Å². The van der Waals surface area contributed by atoms with E-state index in [-0.39, 0.29) is 29.3 Å². The van der Waals surface area contributed by atoms with Crippen molar-refractivity contribution < 1.29 is 18.8 Å². The molecular weight excluding hydrogens is 380 g/mol. The number of rotatable bonds is 5. The molecule has 3 atom stereocenters. The van der Waals surface area contributed by atoms with Crippen molar-refractivity contribution in [1.82, 2.24) is 0 Å². The molecule has 0 saturated heterocycles. The van der Waals surface area contributed by atoms with Gasteiger partial charge in [-0.1, -0.05) is 81.4 Å². The van der Waals surface area contributed by atoms with Crippen LogP contribution in [0.2, 0.25) is 5.04 Å². The van der Waals surface area contributed by atoms with E-state index in [1.807, 2.05) is 36.4 Å². The van der Waals surface area contributed by atoms with E-state index in [9.17, 15) is 9.59 Å². The Labute approximate surface area is 173 Å². The number of carbonyl (C=O) groups excluding carboxylic acids is 2. The Balaban J connectivity index is 1.81. The van der Waals surface area contributed by atoms with Gasteiger partial charge in [0.05, 0.1) is 13.2 Å². The minimum Gasteiger partial charge on any atom is -0.468 e. The first-order chi connectivity index (χ1) is 13.8. The lowest BCUT2D eigenvalue weighted by atomic mass is 10.0. The van der Waals surface area contributed by atoms with Crippen LogP contribution in [0.5, 0.6) is 0 Å². The van der Waals surface area contributed by atoms with Crippen molar-refractivity contribution in [3.63, 3.8) is 0 Å². The smallest absolute Gasteiger partial charge is 0.319 e. The fraction of sp³-hybridized carbons (Fsp3) is 0.417. The van der Waals surface area contributed by atoms with Gasteiger partial charge in [-0.2, -0.15) is 0 Å². The van der Waals surface area contributed by atoms with Gasteiger partial charge in [0.25, 0.3) is 8.32 Å². The summed E-state index contributed by atoms with van der Waals surface area (Å²) in [7, 11) is -1.38. The average Bonchev–Trinajstić information content (AvgIpc) is 3.42. The Morgan fingerprint density at radius 1 is 1.00 bits per heavy atom. The third-order valence-electron chi connectivity index (χ3n) is 6.64. The van der Waals surface area contributed by atoms with E-state index in [2.05, 4.69) is 45.0 Å². The molecule has 2 aliphatic carbocycles. The first-order valence-corrected chi connectivity index (χ1v) is 12.1. The standard InChI is InChI=1S/C24H28O4Si/c1-23(2,3)29(17-11-7-5-8-12-17,18-13-9-6-10-14-18)28-20-15-21(25)24(16-19(20)24)22(26)27-4/h5-14,19-20H,15-16H2,1-4H3. The minimum absolute atomic E-state index is 0.0303. The van der Waals surface area contributed by atoms with Gasteiger partial charge >= 0.3 is 5.97 Å². The van der Waals surface area contributed by atoms with E-state index in [0.29, 0.717) is 6.42 Å². The number of esters is 1. The zero-order valence-electron chi connectivity index (χ0n) is 17.5. The molecule has 2 aromatic rings. The molecule has 0 radical (unpaired) electrons.